The lowest BCUT2D eigenvalue weighted by Gasteiger charge is -2.54. The molecule has 2 fully saturated rings. The summed E-state index contributed by atoms with van der Waals surface area (Å²) in [5.41, 5.74) is 1.99. The lowest BCUT2D eigenvalue weighted by Crippen LogP contribution is -2.71. The number of morpholine rings is 1. The first-order valence-electron chi connectivity index (χ1n) is 6.27. The second-order valence-electron chi connectivity index (χ2n) is 5.06. The molecule has 2 heterocycles. The van der Waals surface area contributed by atoms with Gasteiger partial charge < -0.3 is 9.47 Å². The summed E-state index contributed by atoms with van der Waals surface area (Å²) in [6, 6.07) is 6.31. The molecule has 0 aromatic heterocycles. The molecule has 0 bridgehead atoms. The average molecular weight is 247 g/mol. The van der Waals surface area contributed by atoms with E-state index in [-0.39, 0.29) is 5.97 Å². The summed E-state index contributed by atoms with van der Waals surface area (Å²) < 4.78 is 10.8. The summed E-state index contributed by atoms with van der Waals surface area (Å²) in [7, 11) is 0. The first-order valence-corrected chi connectivity index (χ1v) is 6.27. The maximum Gasteiger partial charge on any atom is 0.325 e. The Morgan fingerprint density at radius 2 is 2.17 bits per heavy atom. The van der Waals surface area contributed by atoms with Crippen LogP contribution in [0, 0.1) is 13.8 Å². The van der Waals surface area contributed by atoms with E-state index in [9.17, 15) is 4.79 Å². The fourth-order valence-electron chi connectivity index (χ4n) is 2.52. The van der Waals surface area contributed by atoms with Crippen LogP contribution >= 0.6 is 0 Å². The minimum atomic E-state index is -0.183. The first-order chi connectivity index (χ1) is 8.65. The van der Waals surface area contributed by atoms with Crippen LogP contribution in [-0.2, 0) is 9.53 Å². The Morgan fingerprint density at radius 3 is 2.67 bits per heavy atom. The van der Waals surface area contributed by atoms with Gasteiger partial charge in [-0.05, 0) is 25.0 Å². The molecule has 2 aliphatic heterocycles. The molecule has 0 radical (unpaired) electrons. The predicted octanol–water partition coefficient (Wildman–Crippen LogP) is 1.29. The number of aryl methyl sites for hydroxylation is 2. The highest BCUT2D eigenvalue weighted by atomic mass is 16.5. The van der Waals surface area contributed by atoms with E-state index in [0.29, 0.717) is 24.4 Å². The molecule has 0 saturated carbocycles. The molecule has 0 aliphatic carbocycles. The number of nitrogens with zero attached hydrogens (tertiary/aromatic N) is 1. The number of fused-ring (bicyclic) bond motifs is 1. The molecule has 2 saturated heterocycles. The fraction of sp³-hybridized carbons (Fsp3) is 0.500. The van der Waals surface area contributed by atoms with Gasteiger partial charge >= 0.3 is 5.97 Å². The third kappa shape index (κ3) is 1.91. The van der Waals surface area contributed by atoms with Crippen molar-refractivity contribution < 1.29 is 14.3 Å². The lowest BCUT2D eigenvalue weighted by molar-refractivity contribution is -0.215. The SMILES string of the molecule is Cc1cccc(C)c1OC(=O)CN1CC2OCC21. The van der Waals surface area contributed by atoms with Crippen LogP contribution in [0.2, 0.25) is 0 Å². The number of ether oxygens (including phenoxy) is 2. The summed E-state index contributed by atoms with van der Waals surface area (Å²) in [4.78, 5) is 14.0. The number of rotatable bonds is 3. The highest BCUT2D eigenvalue weighted by molar-refractivity contribution is 5.75. The number of carbonyl (C=O) groups is 1. The number of likely N-dealkylation sites (tertiary alicyclic amines) is 1. The topological polar surface area (TPSA) is 38.8 Å². The van der Waals surface area contributed by atoms with E-state index >= 15 is 0 Å². The van der Waals surface area contributed by atoms with E-state index in [1.807, 2.05) is 32.0 Å². The van der Waals surface area contributed by atoms with Gasteiger partial charge in [0.1, 0.15) is 5.75 Å². The minimum absolute atomic E-state index is 0.183. The van der Waals surface area contributed by atoms with E-state index in [1.54, 1.807) is 0 Å². The molecule has 2 atom stereocenters. The van der Waals surface area contributed by atoms with Gasteiger partial charge in [0, 0.05) is 6.54 Å². The van der Waals surface area contributed by atoms with Crippen LogP contribution in [0.25, 0.3) is 0 Å². The summed E-state index contributed by atoms with van der Waals surface area (Å²) >= 11 is 0. The molecule has 4 heteroatoms. The summed E-state index contributed by atoms with van der Waals surface area (Å²) in [5.74, 6) is 0.516. The number of carbonyl (C=O) groups excluding carboxylic acids is 1. The number of hydrogen-bond acceptors (Lipinski definition) is 4. The van der Waals surface area contributed by atoms with E-state index in [0.717, 1.165) is 24.3 Å². The van der Waals surface area contributed by atoms with Crippen molar-refractivity contribution in [2.75, 3.05) is 19.7 Å². The van der Waals surface area contributed by atoms with Gasteiger partial charge in [-0.3, -0.25) is 9.69 Å². The standard InChI is InChI=1S/C14H17NO3/c1-9-4-3-5-10(2)14(9)18-13(16)7-15-6-12-11(15)8-17-12/h3-5,11-12H,6-8H2,1-2H3. The number of benzene rings is 1. The maximum absolute atomic E-state index is 11.9. The minimum Gasteiger partial charge on any atom is -0.425 e. The number of hydrogen-bond donors (Lipinski definition) is 0. The summed E-state index contributed by atoms with van der Waals surface area (Å²) in [5, 5.41) is 0. The Balaban J connectivity index is 1.60. The third-order valence-corrected chi connectivity index (χ3v) is 3.75. The Kier molecular flexibility index (Phi) is 2.84. The maximum atomic E-state index is 11.9. The molecule has 1 aromatic carbocycles. The van der Waals surface area contributed by atoms with Gasteiger partial charge in [0.05, 0.1) is 25.3 Å². The number of para-hydroxylation sites is 1. The Morgan fingerprint density at radius 1 is 1.44 bits per heavy atom. The molecule has 2 unspecified atom stereocenters. The lowest BCUT2D eigenvalue weighted by atomic mass is 9.95. The molecule has 0 N–H and O–H groups in total. The van der Waals surface area contributed by atoms with E-state index in [1.165, 1.54) is 0 Å². The van der Waals surface area contributed by atoms with Crippen molar-refractivity contribution in [3.63, 3.8) is 0 Å². The quantitative estimate of drug-likeness (QED) is 0.596. The molecule has 1 aromatic rings. The second kappa shape index (κ2) is 4.37. The highest BCUT2D eigenvalue weighted by Gasteiger charge is 2.47. The van der Waals surface area contributed by atoms with Crippen molar-refractivity contribution in [1.29, 1.82) is 0 Å². The zero-order valence-corrected chi connectivity index (χ0v) is 10.7. The molecule has 2 aliphatic rings. The van der Waals surface area contributed by atoms with Crippen LogP contribution in [0.15, 0.2) is 18.2 Å². The van der Waals surface area contributed by atoms with Gasteiger partial charge in [0.25, 0.3) is 0 Å². The molecule has 4 nitrogen and oxygen atoms in total. The number of esters is 1. The zero-order valence-electron chi connectivity index (χ0n) is 10.7. The Bertz CT molecular complexity index is 466. The normalized spacial score (nSPS) is 25.9. The van der Waals surface area contributed by atoms with Crippen LogP contribution < -0.4 is 4.74 Å². The average Bonchev–Trinajstić information content (AvgIpc) is 2.30. The smallest absolute Gasteiger partial charge is 0.325 e. The Hall–Kier alpha value is -1.39. The first kappa shape index (κ1) is 11.7. The van der Waals surface area contributed by atoms with Gasteiger partial charge in [-0.2, -0.15) is 0 Å². The van der Waals surface area contributed by atoms with Crippen molar-refractivity contribution in [2.24, 2.45) is 0 Å². The van der Waals surface area contributed by atoms with Crippen molar-refractivity contribution in [3.8, 4) is 5.75 Å². The van der Waals surface area contributed by atoms with E-state index in [2.05, 4.69) is 4.90 Å². The molecular formula is C14H17NO3. The fourth-order valence-corrected chi connectivity index (χ4v) is 2.52. The van der Waals surface area contributed by atoms with Crippen LogP contribution in [0.1, 0.15) is 11.1 Å². The van der Waals surface area contributed by atoms with Crippen molar-refractivity contribution in [3.05, 3.63) is 29.3 Å². The van der Waals surface area contributed by atoms with Gasteiger partial charge in [0.2, 0.25) is 0 Å². The van der Waals surface area contributed by atoms with E-state index in [4.69, 9.17) is 9.47 Å². The van der Waals surface area contributed by atoms with Crippen LogP contribution in [0.3, 0.4) is 0 Å². The summed E-state index contributed by atoms with van der Waals surface area (Å²) in [6.45, 7) is 5.87. The molecule has 0 spiro atoms. The van der Waals surface area contributed by atoms with Gasteiger partial charge in [-0.25, -0.2) is 0 Å². The molecule has 18 heavy (non-hydrogen) atoms. The molecule has 96 valence electrons. The van der Waals surface area contributed by atoms with E-state index < -0.39 is 0 Å². The van der Waals surface area contributed by atoms with Crippen molar-refractivity contribution >= 4 is 5.97 Å². The van der Waals surface area contributed by atoms with Crippen LogP contribution in [0.5, 0.6) is 5.75 Å². The van der Waals surface area contributed by atoms with Gasteiger partial charge in [-0.15, -0.1) is 0 Å². The Labute approximate surface area is 106 Å². The van der Waals surface area contributed by atoms with Gasteiger partial charge in [-0.1, -0.05) is 18.2 Å². The molecule has 3 rings (SSSR count). The third-order valence-electron chi connectivity index (χ3n) is 3.75. The van der Waals surface area contributed by atoms with Crippen LogP contribution in [0.4, 0.5) is 0 Å². The molecular weight excluding hydrogens is 230 g/mol. The summed E-state index contributed by atoms with van der Waals surface area (Å²) in [6.07, 6.45) is 0.359. The van der Waals surface area contributed by atoms with Crippen LogP contribution in [-0.4, -0.2) is 42.7 Å². The monoisotopic (exact) mass is 247 g/mol. The largest absolute Gasteiger partial charge is 0.425 e. The second-order valence-corrected chi connectivity index (χ2v) is 5.06. The predicted molar refractivity (Wildman–Crippen MR) is 66.7 cm³/mol. The molecule has 0 amide bonds. The van der Waals surface area contributed by atoms with Crippen molar-refractivity contribution in [1.82, 2.24) is 4.90 Å². The zero-order chi connectivity index (χ0) is 12.7. The highest BCUT2D eigenvalue weighted by Crippen LogP contribution is 2.30. The van der Waals surface area contributed by atoms with Crippen molar-refractivity contribution in [2.45, 2.75) is 26.0 Å². The van der Waals surface area contributed by atoms with Gasteiger partial charge in [0.15, 0.2) is 0 Å².